The van der Waals surface area contributed by atoms with E-state index in [1.165, 1.54) is 19.2 Å². The fraction of sp³-hybridized carbons (Fsp3) is 0.529. The van der Waals surface area contributed by atoms with Crippen molar-refractivity contribution in [1.82, 2.24) is 9.62 Å². The first-order chi connectivity index (χ1) is 11.3. The maximum Gasteiger partial charge on any atom is 0.408 e. The Kier molecular flexibility index (Phi) is 6.21. The summed E-state index contributed by atoms with van der Waals surface area (Å²) in [4.78, 5) is 11.9. The van der Waals surface area contributed by atoms with Crippen LogP contribution in [-0.2, 0) is 14.8 Å². The Morgan fingerprint density at radius 2 is 1.80 bits per heavy atom. The van der Waals surface area contributed by atoms with E-state index in [0.29, 0.717) is 0 Å². The molecule has 1 aromatic rings. The van der Waals surface area contributed by atoms with Crippen molar-refractivity contribution >= 4 is 16.1 Å². The van der Waals surface area contributed by atoms with E-state index in [-0.39, 0.29) is 17.0 Å². The van der Waals surface area contributed by atoms with Crippen LogP contribution < -0.4 is 5.32 Å². The number of sulfonamides is 1. The van der Waals surface area contributed by atoms with Crippen LogP contribution in [0.2, 0.25) is 0 Å². The molecular weight excluding hydrogens is 342 g/mol. The van der Waals surface area contributed by atoms with Crippen molar-refractivity contribution < 1.29 is 17.9 Å². The van der Waals surface area contributed by atoms with E-state index in [0.717, 1.165) is 4.31 Å². The minimum atomic E-state index is -3.87. The number of alkyl carbamates (subject to hydrolysis) is 1. The maximum atomic E-state index is 12.7. The van der Waals surface area contributed by atoms with Crippen LogP contribution >= 0.6 is 0 Å². The lowest BCUT2D eigenvalue weighted by molar-refractivity contribution is 0.0464. The summed E-state index contributed by atoms with van der Waals surface area (Å²) in [6.45, 7) is 8.63. The van der Waals surface area contributed by atoms with Gasteiger partial charge in [0.15, 0.2) is 0 Å². The fourth-order valence-corrected chi connectivity index (χ4v) is 3.68. The highest BCUT2D eigenvalue weighted by atomic mass is 32.2. The third kappa shape index (κ3) is 6.03. The van der Waals surface area contributed by atoms with E-state index in [4.69, 9.17) is 10.00 Å². The molecule has 0 radical (unpaired) electrons. The van der Waals surface area contributed by atoms with E-state index in [2.05, 4.69) is 5.32 Å². The van der Waals surface area contributed by atoms with Crippen LogP contribution in [0.5, 0.6) is 0 Å². The molecule has 1 amide bonds. The summed E-state index contributed by atoms with van der Waals surface area (Å²) in [6.07, 6.45) is -0.624. The fourth-order valence-electron chi connectivity index (χ4n) is 2.21. The molecule has 0 saturated heterocycles. The second kappa shape index (κ2) is 7.42. The molecule has 0 heterocycles. The predicted molar refractivity (Wildman–Crippen MR) is 94.4 cm³/mol. The Bertz CT molecular complexity index is 774. The first kappa shape index (κ1) is 20.9. The molecule has 0 bridgehead atoms. The van der Waals surface area contributed by atoms with Gasteiger partial charge in [-0.25, -0.2) is 13.2 Å². The number of nitriles is 1. The summed E-state index contributed by atoms with van der Waals surface area (Å²) in [7, 11) is -2.46. The van der Waals surface area contributed by atoms with E-state index >= 15 is 0 Å². The average molecular weight is 367 g/mol. The zero-order valence-electron chi connectivity index (χ0n) is 15.5. The number of nitrogens with one attached hydrogen (secondary N) is 1. The SMILES string of the molecule is CN(CC(C)(C)NC(=O)OC(C)(C)C)S(=O)(=O)c1ccccc1C#N. The molecule has 7 nitrogen and oxygen atoms in total. The van der Waals surface area contributed by atoms with Gasteiger partial charge >= 0.3 is 6.09 Å². The third-order valence-corrected chi connectivity index (χ3v) is 5.01. The van der Waals surface area contributed by atoms with Gasteiger partial charge in [-0.05, 0) is 46.8 Å². The van der Waals surface area contributed by atoms with Gasteiger partial charge in [0.05, 0.1) is 16.0 Å². The first-order valence-corrected chi connectivity index (χ1v) is 9.19. The molecule has 1 rings (SSSR count). The van der Waals surface area contributed by atoms with Crippen molar-refractivity contribution in [2.24, 2.45) is 0 Å². The molecule has 0 atom stereocenters. The van der Waals surface area contributed by atoms with Gasteiger partial charge in [-0.15, -0.1) is 0 Å². The minimum absolute atomic E-state index is 0.00827. The summed E-state index contributed by atoms with van der Waals surface area (Å²) in [6, 6.07) is 7.88. The number of carbonyl (C=O) groups excluding carboxylic acids is 1. The zero-order chi connectivity index (χ0) is 19.5. The van der Waals surface area contributed by atoms with Crippen molar-refractivity contribution in [2.45, 2.75) is 50.7 Å². The standard InChI is InChI=1S/C17H25N3O4S/c1-16(2,3)24-15(21)19-17(4,5)12-20(6)25(22,23)14-10-8-7-9-13(14)11-18/h7-10H,12H2,1-6H3,(H,19,21). The molecule has 0 spiro atoms. The summed E-state index contributed by atoms with van der Waals surface area (Å²) in [5, 5.41) is 11.8. The summed E-state index contributed by atoms with van der Waals surface area (Å²) < 4.78 is 31.8. The number of benzene rings is 1. The van der Waals surface area contributed by atoms with Gasteiger partial charge in [0.1, 0.15) is 11.7 Å². The molecule has 25 heavy (non-hydrogen) atoms. The van der Waals surface area contributed by atoms with E-state index < -0.39 is 27.3 Å². The van der Waals surface area contributed by atoms with Crippen LogP contribution in [0.3, 0.4) is 0 Å². The van der Waals surface area contributed by atoms with Gasteiger partial charge in [0.2, 0.25) is 10.0 Å². The van der Waals surface area contributed by atoms with Crippen molar-refractivity contribution in [3.8, 4) is 6.07 Å². The van der Waals surface area contributed by atoms with Gasteiger partial charge in [-0.3, -0.25) is 0 Å². The monoisotopic (exact) mass is 367 g/mol. The Hall–Kier alpha value is -2.11. The van der Waals surface area contributed by atoms with Crippen LogP contribution in [0, 0.1) is 11.3 Å². The Balaban J connectivity index is 2.94. The number of rotatable bonds is 5. The molecule has 0 fully saturated rings. The summed E-state index contributed by atoms with van der Waals surface area (Å²) >= 11 is 0. The van der Waals surface area contributed by atoms with Crippen molar-refractivity contribution in [1.29, 1.82) is 5.26 Å². The largest absolute Gasteiger partial charge is 0.444 e. The zero-order valence-corrected chi connectivity index (χ0v) is 16.3. The second-order valence-electron chi connectivity index (χ2n) is 7.38. The number of hydrogen-bond acceptors (Lipinski definition) is 5. The normalized spacial score (nSPS) is 12.6. The Labute approximate surface area is 149 Å². The lowest BCUT2D eigenvalue weighted by Crippen LogP contribution is -2.52. The van der Waals surface area contributed by atoms with Gasteiger partial charge in [0.25, 0.3) is 0 Å². The molecule has 0 aliphatic rings. The van der Waals surface area contributed by atoms with Crippen LogP contribution in [0.4, 0.5) is 4.79 Å². The smallest absolute Gasteiger partial charge is 0.408 e. The lowest BCUT2D eigenvalue weighted by Gasteiger charge is -2.32. The molecule has 8 heteroatoms. The molecule has 0 saturated carbocycles. The number of carbonyl (C=O) groups is 1. The van der Waals surface area contributed by atoms with E-state index in [1.807, 2.05) is 6.07 Å². The molecule has 0 unspecified atom stereocenters. The molecule has 1 aromatic carbocycles. The number of hydrogen-bond donors (Lipinski definition) is 1. The molecule has 0 aliphatic heterocycles. The Morgan fingerprint density at radius 3 is 2.32 bits per heavy atom. The van der Waals surface area contributed by atoms with Gasteiger partial charge in [0, 0.05) is 13.6 Å². The van der Waals surface area contributed by atoms with Crippen molar-refractivity contribution in [3.63, 3.8) is 0 Å². The van der Waals surface area contributed by atoms with Crippen LogP contribution in [0.15, 0.2) is 29.2 Å². The number of amides is 1. The predicted octanol–water partition coefficient (Wildman–Crippen LogP) is 2.48. The maximum absolute atomic E-state index is 12.7. The highest BCUT2D eigenvalue weighted by Crippen LogP contribution is 2.20. The second-order valence-corrected chi connectivity index (χ2v) is 9.39. The highest BCUT2D eigenvalue weighted by molar-refractivity contribution is 7.89. The number of likely N-dealkylation sites (N-methyl/N-ethyl adjacent to an activating group) is 1. The minimum Gasteiger partial charge on any atom is -0.444 e. The molecule has 1 N–H and O–H groups in total. The Morgan fingerprint density at radius 1 is 1.24 bits per heavy atom. The van der Waals surface area contributed by atoms with Crippen molar-refractivity contribution in [2.75, 3.05) is 13.6 Å². The number of nitrogens with zero attached hydrogens (tertiary/aromatic N) is 2. The summed E-state index contributed by atoms with van der Waals surface area (Å²) in [5.74, 6) is 0. The quantitative estimate of drug-likeness (QED) is 0.862. The molecule has 0 aromatic heterocycles. The van der Waals surface area contributed by atoms with Crippen LogP contribution in [0.25, 0.3) is 0 Å². The third-order valence-electron chi connectivity index (χ3n) is 3.15. The van der Waals surface area contributed by atoms with E-state index in [9.17, 15) is 13.2 Å². The molecular formula is C17H25N3O4S. The molecule has 138 valence electrons. The number of ether oxygens (including phenoxy) is 1. The first-order valence-electron chi connectivity index (χ1n) is 7.75. The average Bonchev–Trinajstić information content (AvgIpc) is 2.43. The van der Waals surface area contributed by atoms with Gasteiger partial charge in [-0.1, -0.05) is 12.1 Å². The van der Waals surface area contributed by atoms with Crippen LogP contribution in [-0.4, -0.2) is 43.5 Å². The highest BCUT2D eigenvalue weighted by Gasteiger charge is 2.31. The lowest BCUT2D eigenvalue weighted by atomic mass is 10.1. The van der Waals surface area contributed by atoms with E-state index in [1.54, 1.807) is 46.8 Å². The van der Waals surface area contributed by atoms with Crippen LogP contribution in [0.1, 0.15) is 40.2 Å². The summed E-state index contributed by atoms with van der Waals surface area (Å²) in [5.41, 5.74) is -1.44. The van der Waals surface area contributed by atoms with Gasteiger partial charge < -0.3 is 10.1 Å². The topological polar surface area (TPSA) is 99.5 Å². The van der Waals surface area contributed by atoms with Gasteiger partial charge in [-0.2, -0.15) is 9.57 Å². The molecule has 0 aliphatic carbocycles. The van der Waals surface area contributed by atoms with Crippen molar-refractivity contribution in [3.05, 3.63) is 29.8 Å².